The van der Waals surface area contributed by atoms with E-state index in [-0.39, 0.29) is 25.7 Å². The number of carbonyl (C=O) groups is 4. The fourth-order valence-corrected chi connectivity index (χ4v) is 11.4. The number of hydrogen-bond donors (Lipinski definition) is 3. The highest BCUT2D eigenvalue weighted by Crippen LogP contribution is 2.45. The summed E-state index contributed by atoms with van der Waals surface area (Å²) in [5.74, 6) is 0.0243. The second kappa shape index (κ2) is 59.5. The van der Waals surface area contributed by atoms with Gasteiger partial charge in [0.15, 0.2) is 12.2 Å². The van der Waals surface area contributed by atoms with Crippen LogP contribution in [0.25, 0.3) is 0 Å². The molecule has 0 amide bonds. The Morgan fingerprint density at radius 1 is 0.375 bits per heavy atom. The second-order valence-corrected chi connectivity index (χ2v) is 28.3. The highest BCUT2D eigenvalue weighted by molar-refractivity contribution is 7.47. The zero-order chi connectivity index (χ0) is 65.2. The molecule has 518 valence electrons. The maximum atomic E-state index is 13.0. The van der Waals surface area contributed by atoms with Crippen LogP contribution in [0.2, 0.25) is 0 Å². The number of aliphatic hydroxyl groups excluding tert-OH is 1. The summed E-state index contributed by atoms with van der Waals surface area (Å²) in [4.78, 5) is 72.4. The molecule has 0 heterocycles. The molecule has 0 radical (unpaired) electrons. The Hall–Kier alpha value is -2.46. The average molecular weight is 1290 g/mol. The molecule has 0 bridgehead atoms. The lowest BCUT2D eigenvalue weighted by atomic mass is 9.99. The minimum Gasteiger partial charge on any atom is -0.462 e. The number of phosphoric ester groups is 2. The largest absolute Gasteiger partial charge is 0.472 e. The Bertz CT molecular complexity index is 1830. The molecule has 0 aromatic rings. The maximum Gasteiger partial charge on any atom is 0.472 e. The summed E-state index contributed by atoms with van der Waals surface area (Å²) in [6.07, 6.45) is 45.4. The number of hydrogen-bond acceptors (Lipinski definition) is 15. The number of carbonyl (C=O) groups excluding carboxylic acids is 4. The highest BCUT2D eigenvalue weighted by atomic mass is 31.2. The van der Waals surface area contributed by atoms with Gasteiger partial charge in [0.25, 0.3) is 0 Å². The number of unbranched alkanes of at least 4 members (excludes halogenated alkanes) is 29. The smallest absolute Gasteiger partial charge is 0.462 e. The van der Waals surface area contributed by atoms with Crippen LogP contribution in [0, 0.1) is 17.8 Å². The minimum absolute atomic E-state index is 0.0840. The van der Waals surface area contributed by atoms with E-state index in [9.17, 15) is 43.2 Å². The van der Waals surface area contributed by atoms with Crippen LogP contribution in [0.4, 0.5) is 0 Å². The first-order chi connectivity index (χ1) is 42.3. The van der Waals surface area contributed by atoms with Crippen molar-refractivity contribution in [2.75, 3.05) is 39.6 Å². The van der Waals surface area contributed by atoms with E-state index >= 15 is 0 Å². The molecule has 0 spiro atoms. The van der Waals surface area contributed by atoms with Gasteiger partial charge >= 0.3 is 39.5 Å². The van der Waals surface area contributed by atoms with Crippen LogP contribution >= 0.6 is 15.6 Å². The van der Waals surface area contributed by atoms with Gasteiger partial charge in [-0.25, -0.2) is 9.13 Å². The quantitative estimate of drug-likeness (QED) is 0.0169. The van der Waals surface area contributed by atoms with Gasteiger partial charge in [0.2, 0.25) is 0 Å². The van der Waals surface area contributed by atoms with Crippen molar-refractivity contribution in [3.8, 4) is 0 Å². The van der Waals surface area contributed by atoms with Crippen molar-refractivity contribution in [3.05, 3.63) is 24.3 Å². The Kier molecular flexibility index (Phi) is 57.9. The third kappa shape index (κ3) is 61.1. The van der Waals surface area contributed by atoms with Crippen molar-refractivity contribution in [2.45, 2.75) is 336 Å². The number of allylic oxidation sites excluding steroid dienone is 4. The van der Waals surface area contributed by atoms with Gasteiger partial charge in [0, 0.05) is 25.7 Å². The van der Waals surface area contributed by atoms with E-state index in [4.69, 9.17) is 37.0 Å². The molecule has 6 atom stereocenters. The van der Waals surface area contributed by atoms with E-state index in [1.54, 1.807) is 0 Å². The molecule has 0 fully saturated rings. The normalized spacial score (nSPS) is 14.7. The Morgan fingerprint density at radius 3 is 1.01 bits per heavy atom. The zero-order valence-electron chi connectivity index (χ0n) is 56.7. The first kappa shape index (κ1) is 85.5. The molecule has 0 rings (SSSR count). The zero-order valence-corrected chi connectivity index (χ0v) is 58.5. The first-order valence-corrected chi connectivity index (χ1v) is 38.2. The van der Waals surface area contributed by atoms with Crippen LogP contribution in [0.5, 0.6) is 0 Å². The lowest BCUT2D eigenvalue weighted by Gasteiger charge is -2.21. The lowest BCUT2D eigenvalue weighted by molar-refractivity contribution is -0.161. The summed E-state index contributed by atoms with van der Waals surface area (Å²) in [5, 5.41) is 10.6. The van der Waals surface area contributed by atoms with Crippen LogP contribution in [-0.2, 0) is 65.4 Å². The Balaban J connectivity index is 5.29. The molecule has 17 nitrogen and oxygen atoms in total. The molecule has 0 aliphatic rings. The van der Waals surface area contributed by atoms with Gasteiger partial charge < -0.3 is 33.8 Å². The van der Waals surface area contributed by atoms with Crippen LogP contribution in [0.1, 0.15) is 318 Å². The fourth-order valence-electron chi connectivity index (χ4n) is 9.79. The van der Waals surface area contributed by atoms with E-state index in [2.05, 4.69) is 72.8 Å². The van der Waals surface area contributed by atoms with Crippen LogP contribution in [-0.4, -0.2) is 96.7 Å². The Labute approximate surface area is 535 Å². The van der Waals surface area contributed by atoms with Crippen LogP contribution in [0.15, 0.2) is 24.3 Å². The fraction of sp³-hybridized carbons (Fsp3) is 0.884. The molecule has 19 heteroatoms. The lowest BCUT2D eigenvalue weighted by Crippen LogP contribution is -2.30. The van der Waals surface area contributed by atoms with Gasteiger partial charge in [-0.1, -0.05) is 265 Å². The molecule has 0 saturated heterocycles. The summed E-state index contributed by atoms with van der Waals surface area (Å²) in [5.41, 5.74) is 0. The standard InChI is InChI=1S/C69H130O17P2/c1-8-10-11-12-13-14-15-16-17-18-19-22-29-38-45-52-68(73)85-64(56-79-66(71)50-43-36-28-23-20-21-26-33-40-47-60(3)4)58-83-87(75,76)81-54-63(70)55-82-88(77,78)84-59-65(57-80-67(72)51-44-37-32-31-34-41-48-61(5)6)86-69(74)53-46-39-30-25-24-27-35-42-49-62(7)9-2/h14-17,60-65,70H,8-13,18-59H2,1-7H3,(H,75,76)(H,77,78)/b15-14-,17-16-/t62?,63-,64-,65-/m1/s1. The van der Waals surface area contributed by atoms with Crippen molar-refractivity contribution in [1.82, 2.24) is 0 Å². The first-order valence-electron chi connectivity index (χ1n) is 35.2. The predicted molar refractivity (Wildman–Crippen MR) is 354 cm³/mol. The van der Waals surface area contributed by atoms with Crippen LogP contribution < -0.4 is 0 Å². The monoisotopic (exact) mass is 1290 g/mol. The molecule has 0 aromatic carbocycles. The topological polar surface area (TPSA) is 237 Å². The molecule has 0 aliphatic carbocycles. The van der Waals surface area contributed by atoms with Crippen LogP contribution in [0.3, 0.4) is 0 Å². The third-order valence-electron chi connectivity index (χ3n) is 15.6. The van der Waals surface area contributed by atoms with Gasteiger partial charge in [-0.15, -0.1) is 0 Å². The molecule has 0 saturated carbocycles. The molecule has 0 aromatic heterocycles. The van der Waals surface area contributed by atoms with E-state index in [0.29, 0.717) is 31.6 Å². The second-order valence-electron chi connectivity index (χ2n) is 25.4. The van der Waals surface area contributed by atoms with E-state index < -0.39 is 97.5 Å². The van der Waals surface area contributed by atoms with Crippen molar-refractivity contribution in [1.29, 1.82) is 0 Å². The molecular weight excluding hydrogens is 1160 g/mol. The summed E-state index contributed by atoms with van der Waals surface area (Å²) in [7, 11) is -9.91. The summed E-state index contributed by atoms with van der Waals surface area (Å²) >= 11 is 0. The van der Waals surface area contributed by atoms with Gasteiger partial charge in [0.05, 0.1) is 26.4 Å². The highest BCUT2D eigenvalue weighted by Gasteiger charge is 2.30. The van der Waals surface area contributed by atoms with E-state index in [1.165, 1.54) is 109 Å². The van der Waals surface area contributed by atoms with Gasteiger partial charge in [-0.3, -0.25) is 37.3 Å². The Morgan fingerprint density at radius 2 is 0.670 bits per heavy atom. The summed E-state index contributed by atoms with van der Waals surface area (Å²) in [6, 6.07) is 0. The molecule has 0 aliphatic heterocycles. The van der Waals surface area contributed by atoms with Crippen molar-refractivity contribution in [3.63, 3.8) is 0 Å². The number of esters is 4. The van der Waals surface area contributed by atoms with E-state index in [1.807, 2.05) is 0 Å². The van der Waals surface area contributed by atoms with Crippen molar-refractivity contribution >= 4 is 39.5 Å². The summed E-state index contributed by atoms with van der Waals surface area (Å²) in [6.45, 7) is 11.7. The van der Waals surface area contributed by atoms with Gasteiger partial charge in [0.1, 0.15) is 19.3 Å². The summed E-state index contributed by atoms with van der Waals surface area (Å²) < 4.78 is 68.1. The van der Waals surface area contributed by atoms with E-state index in [0.717, 1.165) is 121 Å². The van der Waals surface area contributed by atoms with Crippen molar-refractivity contribution in [2.24, 2.45) is 17.8 Å². The predicted octanol–water partition coefficient (Wildman–Crippen LogP) is 19.0. The SMILES string of the molecule is CCCCCC/C=C\C=C/CCCCCCCC(=O)O[C@H](COC(=O)CCCCCCCCCCCC(C)C)COP(=O)(O)OC[C@@H](O)COP(=O)(O)OC[C@@H](COC(=O)CCCCCCCCC(C)C)OC(=O)CCCCCCCCCCC(C)CC. The van der Waals surface area contributed by atoms with Crippen molar-refractivity contribution < 1.29 is 80.2 Å². The maximum absolute atomic E-state index is 13.0. The van der Waals surface area contributed by atoms with Gasteiger partial charge in [-0.05, 0) is 69.1 Å². The number of aliphatic hydroxyl groups is 1. The molecular formula is C69H130O17P2. The molecule has 3 unspecified atom stereocenters. The number of rotatable bonds is 65. The van der Waals surface area contributed by atoms with Gasteiger partial charge in [-0.2, -0.15) is 0 Å². The minimum atomic E-state index is -4.96. The molecule has 3 N–H and O–H groups in total. The number of phosphoric acid groups is 2. The third-order valence-corrected chi connectivity index (χ3v) is 17.5. The average Bonchev–Trinajstić information content (AvgIpc) is 3.54. The molecule has 88 heavy (non-hydrogen) atoms. The number of ether oxygens (including phenoxy) is 4.